The lowest BCUT2D eigenvalue weighted by Crippen LogP contribution is -2.28. The van der Waals surface area contributed by atoms with Gasteiger partial charge in [0, 0.05) is 6.54 Å². The van der Waals surface area contributed by atoms with Gasteiger partial charge in [-0.3, -0.25) is 10.2 Å². The number of halogens is 1. The quantitative estimate of drug-likeness (QED) is 0.379. The Morgan fingerprint density at radius 2 is 2.21 bits per heavy atom. The molecule has 0 spiro atoms. The number of guanidine groups is 1. The second-order valence-corrected chi connectivity index (χ2v) is 2.72. The molecular formula is C9H12FN3O. The first-order valence-corrected chi connectivity index (χ1v) is 4.17. The number of rotatable bonds is 3. The monoisotopic (exact) mass is 197 g/mol. The van der Waals surface area contributed by atoms with E-state index < -0.39 is 0 Å². The molecule has 0 saturated heterocycles. The van der Waals surface area contributed by atoms with Gasteiger partial charge in [0.1, 0.15) is 5.82 Å². The van der Waals surface area contributed by atoms with Crippen molar-refractivity contribution in [3.8, 4) is 0 Å². The Labute approximate surface area is 81.2 Å². The third-order valence-electron chi connectivity index (χ3n) is 1.74. The summed E-state index contributed by atoms with van der Waals surface area (Å²) in [6.45, 7) is 0.334. The molecule has 4 nitrogen and oxygen atoms in total. The summed E-state index contributed by atoms with van der Waals surface area (Å²) in [4.78, 5) is 3.75. The minimum absolute atomic E-state index is 0.0682. The highest BCUT2D eigenvalue weighted by molar-refractivity contribution is 5.76. The lowest BCUT2D eigenvalue weighted by molar-refractivity contribution is 0.232. The number of hydrogen-bond donors (Lipinski definition) is 3. The molecule has 0 heterocycles. The number of nitrogens with zero attached hydrogens (tertiary/aromatic N) is 1. The number of nitrogens with two attached hydrogens (primary N) is 1. The largest absolute Gasteiger partial charge is 0.368 e. The van der Waals surface area contributed by atoms with Crippen molar-refractivity contribution in [3.63, 3.8) is 0 Å². The average molecular weight is 197 g/mol. The van der Waals surface area contributed by atoms with E-state index in [0.29, 0.717) is 18.5 Å². The van der Waals surface area contributed by atoms with Crippen LogP contribution in [0.4, 0.5) is 4.39 Å². The van der Waals surface area contributed by atoms with Crippen LogP contribution in [0.1, 0.15) is 5.56 Å². The van der Waals surface area contributed by atoms with Crippen molar-refractivity contribution in [3.05, 3.63) is 35.6 Å². The number of hydrogen-bond acceptors (Lipinski definition) is 2. The molecule has 0 radical (unpaired) electrons. The normalized spacial score (nSPS) is 11.4. The number of benzene rings is 1. The number of nitrogens with one attached hydrogen (secondary N) is 1. The average Bonchev–Trinajstić information content (AvgIpc) is 2.20. The first kappa shape index (κ1) is 10.5. The van der Waals surface area contributed by atoms with Crippen LogP contribution in [0.3, 0.4) is 0 Å². The van der Waals surface area contributed by atoms with E-state index in [0.717, 1.165) is 0 Å². The van der Waals surface area contributed by atoms with E-state index in [-0.39, 0.29) is 11.8 Å². The van der Waals surface area contributed by atoms with E-state index >= 15 is 0 Å². The minimum atomic E-state index is -0.252. The Morgan fingerprint density at radius 3 is 2.86 bits per heavy atom. The fourth-order valence-electron chi connectivity index (χ4n) is 1.03. The Kier molecular flexibility index (Phi) is 3.87. The van der Waals surface area contributed by atoms with Crippen LogP contribution in [0.25, 0.3) is 0 Å². The molecule has 0 saturated carbocycles. The molecule has 0 aromatic heterocycles. The standard InChI is InChI=1S/C9H12FN3O/c10-8-4-2-1-3-7(8)5-6-12-9(11)13-14/h1-4,14H,5-6H2,(H3,11,12,13). The third-order valence-corrected chi connectivity index (χ3v) is 1.74. The Bertz CT molecular complexity index is 328. The van der Waals surface area contributed by atoms with Gasteiger partial charge in [-0.1, -0.05) is 18.2 Å². The van der Waals surface area contributed by atoms with Crippen molar-refractivity contribution in [2.45, 2.75) is 6.42 Å². The van der Waals surface area contributed by atoms with E-state index in [1.807, 2.05) is 0 Å². The zero-order valence-corrected chi connectivity index (χ0v) is 7.57. The van der Waals surface area contributed by atoms with E-state index in [2.05, 4.69) is 4.99 Å². The predicted octanol–water partition coefficient (Wildman–Crippen LogP) is 0.662. The molecule has 1 aromatic carbocycles. The van der Waals surface area contributed by atoms with Crippen LogP contribution in [-0.4, -0.2) is 17.7 Å². The van der Waals surface area contributed by atoms with Crippen molar-refractivity contribution < 1.29 is 9.60 Å². The van der Waals surface area contributed by atoms with E-state index in [1.165, 1.54) is 6.07 Å². The molecule has 1 rings (SSSR count). The first-order chi connectivity index (χ1) is 6.74. The van der Waals surface area contributed by atoms with Gasteiger partial charge in [-0.2, -0.15) is 0 Å². The van der Waals surface area contributed by atoms with Crippen molar-refractivity contribution >= 4 is 5.96 Å². The fraction of sp³-hybridized carbons (Fsp3) is 0.222. The highest BCUT2D eigenvalue weighted by Crippen LogP contribution is 2.06. The minimum Gasteiger partial charge on any atom is -0.368 e. The lowest BCUT2D eigenvalue weighted by Gasteiger charge is -2.00. The van der Waals surface area contributed by atoms with Crippen molar-refractivity contribution in [1.82, 2.24) is 5.48 Å². The summed E-state index contributed by atoms with van der Waals surface area (Å²) >= 11 is 0. The molecule has 0 atom stereocenters. The van der Waals surface area contributed by atoms with Crippen LogP contribution in [0, 0.1) is 5.82 Å². The maximum atomic E-state index is 13.1. The van der Waals surface area contributed by atoms with Crippen molar-refractivity contribution in [1.29, 1.82) is 0 Å². The summed E-state index contributed by atoms with van der Waals surface area (Å²) in [5.74, 6) is -0.320. The molecule has 5 heteroatoms. The zero-order valence-electron chi connectivity index (χ0n) is 7.57. The summed E-state index contributed by atoms with van der Waals surface area (Å²) in [6, 6.07) is 6.47. The van der Waals surface area contributed by atoms with Gasteiger partial charge >= 0.3 is 0 Å². The van der Waals surface area contributed by atoms with Crippen molar-refractivity contribution in [2.75, 3.05) is 6.54 Å². The maximum Gasteiger partial charge on any atom is 0.212 e. The van der Waals surface area contributed by atoms with Crippen LogP contribution in [0.15, 0.2) is 29.3 Å². The topological polar surface area (TPSA) is 70.6 Å². The molecule has 4 N–H and O–H groups in total. The van der Waals surface area contributed by atoms with E-state index in [1.54, 1.807) is 23.7 Å². The van der Waals surface area contributed by atoms with Gasteiger partial charge < -0.3 is 5.73 Å². The highest BCUT2D eigenvalue weighted by atomic mass is 19.1. The van der Waals surface area contributed by atoms with E-state index in [4.69, 9.17) is 10.9 Å². The molecule has 76 valence electrons. The molecular weight excluding hydrogens is 185 g/mol. The molecule has 0 amide bonds. The second-order valence-electron chi connectivity index (χ2n) is 2.72. The van der Waals surface area contributed by atoms with Gasteiger partial charge in [0.05, 0.1) is 0 Å². The summed E-state index contributed by atoms with van der Waals surface area (Å²) in [7, 11) is 0. The Morgan fingerprint density at radius 1 is 1.50 bits per heavy atom. The SMILES string of the molecule is NC(=NCCc1ccccc1F)NO. The molecule has 0 fully saturated rings. The fourth-order valence-corrected chi connectivity index (χ4v) is 1.03. The number of aliphatic imine (C=N–C) groups is 1. The van der Waals surface area contributed by atoms with Gasteiger partial charge in [0.2, 0.25) is 5.96 Å². The molecule has 0 aliphatic rings. The second kappa shape index (κ2) is 5.18. The molecule has 0 unspecified atom stereocenters. The van der Waals surface area contributed by atoms with Gasteiger partial charge in [0.15, 0.2) is 0 Å². The van der Waals surface area contributed by atoms with Gasteiger partial charge in [-0.25, -0.2) is 9.87 Å². The first-order valence-electron chi connectivity index (χ1n) is 4.17. The summed E-state index contributed by atoms with van der Waals surface area (Å²) in [5, 5.41) is 8.31. The molecule has 14 heavy (non-hydrogen) atoms. The Hall–Kier alpha value is -1.62. The zero-order chi connectivity index (χ0) is 10.4. The Balaban J connectivity index is 2.50. The molecule has 0 aliphatic heterocycles. The van der Waals surface area contributed by atoms with Crippen LogP contribution >= 0.6 is 0 Å². The summed E-state index contributed by atoms with van der Waals surface area (Å²) in [5.41, 5.74) is 7.46. The lowest BCUT2D eigenvalue weighted by atomic mass is 10.1. The van der Waals surface area contributed by atoms with Crippen LogP contribution < -0.4 is 11.2 Å². The molecule has 0 aliphatic carbocycles. The van der Waals surface area contributed by atoms with Crippen LogP contribution in [-0.2, 0) is 6.42 Å². The van der Waals surface area contributed by atoms with Crippen molar-refractivity contribution in [2.24, 2.45) is 10.7 Å². The number of hydroxylamine groups is 1. The third kappa shape index (κ3) is 3.02. The summed E-state index contributed by atoms with van der Waals surface area (Å²) in [6.07, 6.45) is 0.453. The molecule has 1 aromatic rings. The maximum absolute atomic E-state index is 13.1. The van der Waals surface area contributed by atoms with E-state index in [9.17, 15) is 4.39 Å². The smallest absolute Gasteiger partial charge is 0.212 e. The summed E-state index contributed by atoms with van der Waals surface area (Å²) < 4.78 is 13.1. The van der Waals surface area contributed by atoms with Crippen LogP contribution in [0.2, 0.25) is 0 Å². The predicted molar refractivity (Wildman–Crippen MR) is 51.5 cm³/mol. The van der Waals surface area contributed by atoms with Gasteiger partial charge in [-0.15, -0.1) is 0 Å². The van der Waals surface area contributed by atoms with Crippen LogP contribution in [0.5, 0.6) is 0 Å². The van der Waals surface area contributed by atoms with Gasteiger partial charge in [0.25, 0.3) is 0 Å². The molecule has 0 bridgehead atoms. The highest BCUT2D eigenvalue weighted by Gasteiger charge is 1.98. The van der Waals surface area contributed by atoms with Gasteiger partial charge in [-0.05, 0) is 18.1 Å².